The van der Waals surface area contributed by atoms with Crippen LogP contribution in [0.15, 0.2) is 0 Å². The summed E-state index contributed by atoms with van der Waals surface area (Å²) < 4.78 is 63.5. The maximum Gasteiger partial charge on any atom is 0.425 e. The first-order valence-electron chi connectivity index (χ1n) is 6.99. The van der Waals surface area contributed by atoms with Crippen molar-refractivity contribution in [3.8, 4) is 0 Å². The Morgan fingerprint density at radius 2 is 1.80 bits per heavy atom. The van der Waals surface area contributed by atoms with Crippen molar-refractivity contribution in [2.24, 2.45) is 0 Å². The normalized spacial score (nSPS) is 31.2. The lowest BCUT2D eigenvalue weighted by molar-refractivity contribution is -0.279. The van der Waals surface area contributed by atoms with Crippen molar-refractivity contribution in [1.82, 2.24) is 0 Å². The van der Waals surface area contributed by atoms with E-state index in [4.69, 9.17) is 9.47 Å². The first-order chi connectivity index (χ1) is 9.24. The Morgan fingerprint density at radius 3 is 2.30 bits per heavy atom. The molecule has 0 unspecified atom stereocenters. The van der Waals surface area contributed by atoms with Crippen LogP contribution < -0.4 is 0 Å². The highest BCUT2D eigenvalue weighted by Crippen LogP contribution is 2.45. The van der Waals surface area contributed by atoms with E-state index in [0.29, 0.717) is 12.8 Å². The zero-order valence-electron chi connectivity index (χ0n) is 11.4. The molecule has 0 amide bonds. The number of ether oxygens (including phenoxy) is 2. The number of aliphatic hydroxyl groups excluding tert-OH is 1. The number of hydrogen-bond donors (Lipinski definition) is 1. The number of rotatable bonds is 3. The monoisotopic (exact) mass is 300 g/mol. The molecule has 3 nitrogen and oxygen atoms in total. The molecule has 1 saturated heterocycles. The Labute approximate surface area is 115 Å². The van der Waals surface area contributed by atoms with Crippen LogP contribution in [0.3, 0.4) is 0 Å². The van der Waals surface area contributed by atoms with E-state index in [-0.39, 0.29) is 6.61 Å². The standard InChI is InChI=1S/C13H20F4O3/c1-2-12(14,13(15,16)17)10(18)9-8-19-11(20-9)6-4-3-5-7-11/h9-10,18H,2-8H2,1H3/t9-,10-,12+/m1/s1. The Balaban J connectivity index is 2.08. The van der Waals surface area contributed by atoms with Gasteiger partial charge in [0.15, 0.2) is 5.79 Å². The SMILES string of the molecule is CC[C@](F)([C@H](O)[C@H]1COC2(CCCCC2)O1)C(F)(F)F. The van der Waals surface area contributed by atoms with Gasteiger partial charge >= 0.3 is 6.18 Å². The molecule has 2 rings (SSSR count). The summed E-state index contributed by atoms with van der Waals surface area (Å²) >= 11 is 0. The minimum atomic E-state index is -5.13. The predicted molar refractivity (Wildman–Crippen MR) is 62.8 cm³/mol. The first-order valence-corrected chi connectivity index (χ1v) is 6.99. The van der Waals surface area contributed by atoms with Gasteiger partial charge in [0.2, 0.25) is 5.67 Å². The zero-order valence-corrected chi connectivity index (χ0v) is 11.4. The van der Waals surface area contributed by atoms with Gasteiger partial charge in [0.05, 0.1) is 6.61 Å². The van der Waals surface area contributed by atoms with Crippen LogP contribution in [0.1, 0.15) is 45.4 Å². The molecule has 0 aromatic rings. The molecule has 3 atom stereocenters. The van der Waals surface area contributed by atoms with Crippen molar-refractivity contribution in [1.29, 1.82) is 0 Å². The summed E-state index contributed by atoms with van der Waals surface area (Å²) in [6.07, 6.45) is -5.65. The van der Waals surface area contributed by atoms with Gasteiger partial charge in [-0.3, -0.25) is 0 Å². The van der Waals surface area contributed by atoms with E-state index in [1.165, 1.54) is 0 Å². The topological polar surface area (TPSA) is 38.7 Å². The molecule has 1 aliphatic carbocycles. The molecule has 0 radical (unpaired) electrons. The third kappa shape index (κ3) is 2.67. The van der Waals surface area contributed by atoms with Crippen molar-refractivity contribution in [3.05, 3.63) is 0 Å². The highest BCUT2D eigenvalue weighted by Gasteiger charge is 2.63. The third-order valence-corrected chi connectivity index (χ3v) is 4.30. The van der Waals surface area contributed by atoms with Gasteiger partial charge in [-0.1, -0.05) is 13.3 Å². The molecule has 0 aromatic carbocycles. The van der Waals surface area contributed by atoms with Gasteiger partial charge in [-0.15, -0.1) is 0 Å². The Kier molecular flexibility index (Phi) is 4.33. The minimum absolute atomic E-state index is 0.205. The number of hydrogen-bond acceptors (Lipinski definition) is 3. The summed E-state index contributed by atoms with van der Waals surface area (Å²) in [7, 11) is 0. The summed E-state index contributed by atoms with van der Waals surface area (Å²) in [4.78, 5) is 0. The first kappa shape index (κ1) is 16.0. The Bertz CT molecular complexity index is 341. The molecule has 0 aromatic heterocycles. The van der Waals surface area contributed by atoms with Crippen molar-refractivity contribution in [2.75, 3.05) is 6.61 Å². The molecule has 118 valence electrons. The molecule has 0 bridgehead atoms. The maximum atomic E-state index is 14.1. The van der Waals surface area contributed by atoms with Crippen LogP contribution in [-0.2, 0) is 9.47 Å². The van der Waals surface area contributed by atoms with Gasteiger partial charge in [0.25, 0.3) is 0 Å². The van der Waals surface area contributed by atoms with E-state index in [1.807, 2.05) is 0 Å². The number of halogens is 4. The maximum absolute atomic E-state index is 14.1. The van der Waals surface area contributed by atoms with Crippen molar-refractivity contribution in [3.63, 3.8) is 0 Å². The molecule has 1 N–H and O–H groups in total. The molecule has 2 aliphatic rings. The highest BCUT2D eigenvalue weighted by atomic mass is 19.4. The fourth-order valence-electron chi connectivity index (χ4n) is 2.96. The number of alkyl halides is 4. The molecule has 7 heteroatoms. The van der Waals surface area contributed by atoms with Crippen LogP contribution in [0.5, 0.6) is 0 Å². The molecule has 1 heterocycles. The number of aliphatic hydroxyl groups is 1. The average molecular weight is 300 g/mol. The Hall–Kier alpha value is -0.400. The van der Waals surface area contributed by atoms with E-state index in [2.05, 4.69) is 0 Å². The van der Waals surface area contributed by atoms with Gasteiger partial charge in [-0.2, -0.15) is 13.2 Å². The van der Waals surface area contributed by atoms with Crippen LogP contribution in [0.4, 0.5) is 17.6 Å². The summed E-state index contributed by atoms with van der Waals surface area (Å²) in [5.74, 6) is -0.926. The Morgan fingerprint density at radius 1 is 1.20 bits per heavy atom. The molecule has 20 heavy (non-hydrogen) atoms. The minimum Gasteiger partial charge on any atom is -0.387 e. The van der Waals surface area contributed by atoms with Crippen LogP contribution in [-0.4, -0.2) is 41.6 Å². The van der Waals surface area contributed by atoms with Crippen LogP contribution in [0.25, 0.3) is 0 Å². The van der Waals surface area contributed by atoms with E-state index >= 15 is 0 Å². The van der Waals surface area contributed by atoms with E-state index in [1.54, 1.807) is 0 Å². The largest absolute Gasteiger partial charge is 0.425 e. The quantitative estimate of drug-likeness (QED) is 0.814. The summed E-state index contributed by atoms with van der Waals surface area (Å²) in [5.41, 5.74) is -3.67. The van der Waals surface area contributed by atoms with E-state index < -0.39 is 36.3 Å². The molecular weight excluding hydrogens is 280 g/mol. The third-order valence-electron chi connectivity index (χ3n) is 4.30. The zero-order chi connectivity index (χ0) is 15.0. The summed E-state index contributed by atoms with van der Waals surface area (Å²) in [6.45, 7) is 0.853. The fourth-order valence-corrected chi connectivity index (χ4v) is 2.96. The van der Waals surface area contributed by atoms with Gasteiger partial charge in [0.1, 0.15) is 12.2 Å². The molecule has 1 aliphatic heterocycles. The lowest BCUT2D eigenvalue weighted by atomic mass is 9.91. The van der Waals surface area contributed by atoms with E-state index in [0.717, 1.165) is 26.2 Å². The molecule has 2 fully saturated rings. The molecular formula is C13H20F4O3. The van der Waals surface area contributed by atoms with Gasteiger partial charge < -0.3 is 14.6 Å². The highest BCUT2D eigenvalue weighted by molar-refractivity contribution is 4.99. The van der Waals surface area contributed by atoms with E-state index in [9.17, 15) is 22.7 Å². The van der Waals surface area contributed by atoms with Crippen LogP contribution in [0, 0.1) is 0 Å². The summed E-state index contributed by atoms with van der Waals surface area (Å²) in [5, 5.41) is 9.82. The molecule has 1 spiro atoms. The van der Waals surface area contributed by atoms with Crippen molar-refractivity contribution < 1.29 is 32.1 Å². The van der Waals surface area contributed by atoms with Crippen LogP contribution >= 0.6 is 0 Å². The van der Waals surface area contributed by atoms with Gasteiger partial charge in [-0.25, -0.2) is 4.39 Å². The second-order valence-electron chi connectivity index (χ2n) is 5.60. The second-order valence-corrected chi connectivity index (χ2v) is 5.60. The van der Waals surface area contributed by atoms with Gasteiger partial charge in [-0.05, 0) is 19.3 Å². The predicted octanol–water partition coefficient (Wildman–Crippen LogP) is 3.10. The molecule has 1 saturated carbocycles. The summed E-state index contributed by atoms with van der Waals surface area (Å²) in [6, 6.07) is 0. The fraction of sp³-hybridized carbons (Fsp3) is 1.00. The van der Waals surface area contributed by atoms with Crippen molar-refractivity contribution in [2.45, 2.75) is 75.3 Å². The second kappa shape index (κ2) is 5.42. The van der Waals surface area contributed by atoms with Crippen LogP contribution in [0.2, 0.25) is 0 Å². The van der Waals surface area contributed by atoms with Gasteiger partial charge in [0, 0.05) is 12.8 Å². The smallest absolute Gasteiger partial charge is 0.387 e. The lowest BCUT2D eigenvalue weighted by Crippen LogP contribution is -2.56. The van der Waals surface area contributed by atoms with Crippen molar-refractivity contribution >= 4 is 0 Å². The lowest BCUT2D eigenvalue weighted by Gasteiger charge is -2.36. The average Bonchev–Trinajstić information content (AvgIpc) is 2.80.